The second-order valence-corrected chi connectivity index (χ2v) is 17.7. The zero-order valence-electron chi connectivity index (χ0n) is 35.4. The van der Waals surface area contributed by atoms with E-state index in [2.05, 4.69) is 197 Å². The number of hydrogen-bond acceptors (Lipinski definition) is 2. The Balaban J connectivity index is 1.51. The largest absolute Gasteiger partial charge is 0.325 e. The molecule has 7 aromatic carbocycles. The molecule has 288 valence electrons. The van der Waals surface area contributed by atoms with Crippen LogP contribution in [-0.2, 0) is 18.3 Å². The van der Waals surface area contributed by atoms with Crippen LogP contribution < -0.4 is 0 Å². The van der Waals surface area contributed by atoms with Crippen molar-refractivity contribution < 1.29 is 4.55 Å². The normalized spacial score (nSPS) is 11.6. The Kier molecular flexibility index (Phi) is 11.5. The van der Waals surface area contributed by atoms with Gasteiger partial charge in [-0.05, 0) is 178 Å². The number of hydrogen-bond donors (Lipinski definition) is 1. The van der Waals surface area contributed by atoms with Crippen molar-refractivity contribution in [2.24, 2.45) is 0 Å². The monoisotopic (exact) mass is 764 g/mol. The summed E-state index contributed by atoms with van der Waals surface area (Å²) in [6, 6.07) is 46.9. The van der Waals surface area contributed by atoms with Gasteiger partial charge in [0, 0.05) is 16.9 Å². The molecule has 7 rings (SSSR count). The van der Waals surface area contributed by atoms with E-state index in [0.717, 1.165) is 28.1 Å². The third kappa shape index (κ3) is 7.91. The van der Waals surface area contributed by atoms with Gasteiger partial charge in [-0.2, -0.15) is 0 Å². The van der Waals surface area contributed by atoms with Gasteiger partial charge in [0.05, 0.1) is 0 Å². The molecule has 2 heteroatoms. The molecule has 1 N–H and O–H groups in total. The van der Waals surface area contributed by atoms with Crippen molar-refractivity contribution in [3.8, 4) is 44.5 Å². The molecule has 0 fully saturated rings. The van der Waals surface area contributed by atoms with Crippen molar-refractivity contribution in [2.45, 2.75) is 92.4 Å². The molecule has 0 saturated heterocycles. The predicted octanol–water partition coefficient (Wildman–Crippen LogP) is 15.6. The first-order valence-corrected chi connectivity index (χ1v) is 21.0. The van der Waals surface area contributed by atoms with Crippen LogP contribution in [0.4, 0.5) is 0 Å². The molecule has 0 unspecified atom stereocenters. The minimum atomic E-state index is -0.116. The Bertz CT molecular complexity index is 2490. The van der Waals surface area contributed by atoms with Crippen LogP contribution >= 0.6 is 12.0 Å². The molecular weight excluding hydrogens is 709 g/mol. The first-order chi connectivity index (χ1) is 27.3. The van der Waals surface area contributed by atoms with Gasteiger partial charge in [-0.15, -0.1) is 0 Å². The minimum absolute atomic E-state index is 0.116. The van der Waals surface area contributed by atoms with Crippen LogP contribution in [-0.4, -0.2) is 4.55 Å². The van der Waals surface area contributed by atoms with Gasteiger partial charge in [0.15, 0.2) is 0 Å². The fourth-order valence-corrected chi connectivity index (χ4v) is 9.55. The highest BCUT2D eigenvalue weighted by Gasteiger charge is 2.25. The van der Waals surface area contributed by atoms with Gasteiger partial charge in [-0.1, -0.05) is 148 Å². The van der Waals surface area contributed by atoms with E-state index in [0.29, 0.717) is 12.8 Å². The van der Waals surface area contributed by atoms with E-state index >= 15 is 0 Å². The molecule has 0 aliphatic carbocycles. The van der Waals surface area contributed by atoms with Crippen LogP contribution in [0.15, 0.2) is 132 Å². The Morgan fingerprint density at radius 3 is 1.09 bits per heavy atom. The van der Waals surface area contributed by atoms with E-state index in [9.17, 15) is 4.55 Å². The highest BCUT2D eigenvalue weighted by atomic mass is 32.2. The summed E-state index contributed by atoms with van der Waals surface area (Å²) in [5, 5.41) is 0. The zero-order valence-corrected chi connectivity index (χ0v) is 36.2. The quantitative estimate of drug-likeness (QED) is 0.148. The molecule has 1 nitrogen and oxygen atoms in total. The molecule has 0 spiro atoms. The van der Waals surface area contributed by atoms with Gasteiger partial charge >= 0.3 is 0 Å². The second kappa shape index (κ2) is 16.4. The summed E-state index contributed by atoms with van der Waals surface area (Å²) in [4.78, 5) is 0.943. The molecule has 57 heavy (non-hydrogen) atoms. The van der Waals surface area contributed by atoms with Crippen LogP contribution in [0.2, 0.25) is 0 Å². The highest BCUT2D eigenvalue weighted by Crippen LogP contribution is 2.44. The number of benzene rings is 7. The van der Waals surface area contributed by atoms with E-state index < -0.39 is 0 Å². The van der Waals surface area contributed by atoms with Gasteiger partial charge in [-0.3, -0.25) is 0 Å². The lowest BCUT2D eigenvalue weighted by molar-refractivity contribution is 0.587. The maximum Gasteiger partial charge on any atom is 0.0421 e. The molecule has 7 aromatic rings. The molecule has 0 saturated carbocycles. The summed E-state index contributed by atoms with van der Waals surface area (Å²) in [5.74, 6) is 0. The summed E-state index contributed by atoms with van der Waals surface area (Å²) in [6.07, 6.45) is 1.35. The third-order valence-corrected chi connectivity index (χ3v) is 12.7. The van der Waals surface area contributed by atoms with Gasteiger partial charge in [-0.25, -0.2) is 0 Å². The van der Waals surface area contributed by atoms with Gasteiger partial charge in [0.1, 0.15) is 0 Å². The molecule has 0 heterocycles. The van der Waals surface area contributed by atoms with Crippen LogP contribution in [0.1, 0.15) is 87.5 Å². The molecule has 0 radical (unpaired) electrons. The van der Waals surface area contributed by atoms with Crippen molar-refractivity contribution in [1.29, 1.82) is 0 Å². The first-order valence-electron chi connectivity index (χ1n) is 20.3. The van der Waals surface area contributed by atoms with Crippen molar-refractivity contribution >= 4 is 12.0 Å². The maximum absolute atomic E-state index is 11.5. The number of rotatable bonds is 9. The number of aryl methyl sites for hydroxylation is 7. The maximum atomic E-state index is 11.5. The second-order valence-electron chi connectivity index (χ2n) is 17.1. The summed E-state index contributed by atoms with van der Waals surface area (Å²) in [5.41, 5.74) is 25.0. The molecule has 0 atom stereocenters. The molecule has 0 amide bonds. The first kappa shape index (κ1) is 40.1. The summed E-state index contributed by atoms with van der Waals surface area (Å²) < 4.78 is 11.5. The molecule has 0 aliphatic heterocycles. The minimum Gasteiger partial charge on any atom is -0.325 e. The van der Waals surface area contributed by atoms with Crippen LogP contribution in [0.3, 0.4) is 0 Å². The van der Waals surface area contributed by atoms with E-state index in [1.807, 2.05) is 0 Å². The predicted molar refractivity (Wildman–Crippen MR) is 247 cm³/mol. The molecule has 0 aliphatic rings. The molecule has 0 bridgehead atoms. The van der Waals surface area contributed by atoms with Crippen LogP contribution in [0, 0.1) is 48.5 Å². The highest BCUT2D eigenvalue weighted by molar-refractivity contribution is 7.93. The topological polar surface area (TPSA) is 20.2 Å². The van der Waals surface area contributed by atoms with Crippen LogP contribution in [0.25, 0.3) is 44.5 Å². The average Bonchev–Trinajstić information content (AvgIpc) is 3.16. The Morgan fingerprint density at radius 2 is 0.719 bits per heavy atom. The lowest BCUT2D eigenvalue weighted by Gasteiger charge is -2.26. The SMILES string of the molecule is Cc1ccccc1-c1cccc(-c2c(C)cccc2C)c1Cc1cc(C(C)(C)C)cc(Cc2c(-c3c(C)cccc3C)cccc2-c2c(C)cccc2C)c1SO. The smallest absolute Gasteiger partial charge is 0.0421 e. The van der Waals surface area contributed by atoms with Crippen molar-refractivity contribution in [1.82, 2.24) is 0 Å². The van der Waals surface area contributed by atoms with E-state index in [-0.39, 0.29) is 5.41 Å². The lowest BCUT2D eigenvalue weighted by Crippen LogP contribution is -2.14. The Labute approximate surface area is 346 Å². The Morgan fingerprint density at radius 1 is 0.404 bits per heavy atom. The summed E-state index contributed by atoms with van der Waals surface area (Å²) >= 11 is 0.909. The van der Waals surface area contributed by atoms with E-state index in [1.54, 1.807) is 0 Å². The van der Waals surface area contributed by atoms with E-state index in [1.165, 1.54) is 100 Å². The fraction of sp³-hybridized carbons (Fsp3) is 0.236. The zero-order chi connectivity index (χ0) is 40.6. The van der Waals surface area contributed by atoms with Gasteiger partial charge in [0.25, 0.3) is 0 Å². The van der Waals surface area contributed by atoms with Gasteiger partial charge < -0.3 is 4.55 Å². The van der Waals surface area contributed by atoms with Crippen molar-refractivity contribution in [2.75, 3.05) is 0 Å². The summed E-state index contributed by atoms with van der Waals surface area (Å²) in [6.45, 7) is 22.5. The average molecular weight is 765 g/mol. The Hall–Kier alpha value is -5.15. The van der Waals surface area contributed by atoms with Gasteiger partial charge in [0.2, 0.25) is 0 Å². The standard InChI is InChI=1S/C55H56OS/c1-34-18-11-12-25-44(34)45-26-16-27-46(51-35(2)19-13-20-36(51)3)49(45)32-41-30-43(55(8,9)10)31-42(54(41)57-56)33-50-47(52-37(4)21-14-22-38(52)5)28-17-29-48(50)53-39(6)23-15-24-40(53)7/h11-31,56H,32-33H2,1-10H3. The van der Waals surface area contributed by atoms with Crippen molar-refractivity contribution in [3.05, 3.63) is 194 Å². The molecule has 0 aromatic heterocycles. The van der Waals surface area contributed by atoms with Crippen LogP contribution in [0.5, 0.6) is 0 Å². The van der Waals surface area contributed by atoms with E-state index in [4.69, 9.17) is 0 Å². The lowest BCUT2D eigenvalue weighted by atomic mass is 9.80. The van der Waals surface area contributed by atoms with Crippen molar-refractivity contribution in [3.63, 3.8) is 0 Å². The summed E-state index contributed by atoms with van der Waals surface area (Å²) in [7, 11) is 0. The fourth-order valence-electron chi connectivity index (χ4n) is 9.05. The molecular formula is C55H56OS. The third-order valence-electron chi connectivity index (χ3n) is 12.0.